The number of nitrogens with two attached hydrogens (primary N) is 1. The third-order valence-corrected chi connectivity index (χ3v) is 7.00. The maximum absolute atomic E-state index is 13.3. The Hall–Kier alpha value is -3.03. The van der Waals surface area contributed by atoms with Gasteiger partial charge in [-0.25, -0.2) is 15.0 Å². The van der Waals surface area contributed by atoms with E-state index in [2.05, 4.69) is 26.8 Å². The SMILES string of the molecule is CCc1ncnc(-c2ccc(C(=O)N3CCN4CCC[C@H]4C3)c(Cl)c2)c1-c1ccc(N)nc1. The molecule has 1 atom stereocenters. The lowest BCUT2D eigenvalue weighted by Crippen LogP contribution is -2.52. The second-order valence-corrected chi connectivity index (χ2v) is 9.05. The Balaban J connectivity index is 1.47. The lowest BCUT2D eigenvalue weighted by Gasteiger charge is -2.37. The lowest BCUT2D eigenvalue weighted by atomic mass is 9.97. The number of anilines is 1. The van der Waals surface area contributed by atoms with Crippen LogP contribution in [0, 0.1) is 0 Å². The van der Waals surface area contributed by atoms with E-state index in [1.807, 2.05) is 29.2 Å². The number of nitrogens with zero attached hydrogens (tertiary/aromatic N) is 5. The molecule has 2 N–H and O–H groups in total. The predicted molar refractivity (Wildman–Crippen MR) is 130 cm³/mol. The van der Waals surface area contributed by atoms with Crippen molar-refractivity contribution in [3.63, 3.8) is 0 Å². The van der Waals surface area contributed by atoms with Gasteiger partial charge in [0.25, 0.3) is 5.91 Å². The van der Waals surface area contributed by atoms with E-state index in [9.17, 15) is 4.79 Å². The topological polar surface area (TPSA) is 88.2 Å². The maximum atomic E-state index is 13.3. The predicted octanol–water partition coefficient (Wildman–Crippen LogP) is 3.92. The van der Waals surface area contributed by atoms with Crippen molar-refractivity contribution in [3.8, 4) is 22.4 Å². The van der Waals surface area contributed by atoms with Crippen molar-refractivity contribution >= 4 is 23.3 Å². The smallest absolute Gasteiger partial charge is 0.255 e. The van der Waals surface area contributed by atoms with Crippen molar-refractivity contribution in [1.29, 1.82) is 0 Å². The minimum Gasteiger partial charge on any atom is -0.384 e. The summed E-state index contributed by atoms with van der Waals surface area (Å²) >= 11 is 6.67. The van der Waals surface area contributed by atoms with Crippen molar-refractivity contribution in [2.45, 2.75) is 32.2 Å². The van der Waals surface area contributed by atoms with Crippen LogP contribution in [-0.4, -0.2) is 62.9 Å². The number of halogens is 1. The molecule has 0 saturated carbocycles. The minimum absolute atomic E-state index is 0.00186. The van der Waals surface area contributed by atoms with E-state index >= 15 is 0 Å². The first-order chi connectivity index (χ1) is 16.0. The summed E-state index contributed by atoms with van der Waals surface area (Å²) in [6.45, 7) is 5.65. The fraction of sp³-hybridized carbons (Fsp3) is 0.360. The van der Waals surface area contributed by atoms with Crippen molar-refractivity contribution in [2.24, 2.45) is 0 Å². The van der Waals surface area contributed by atoms with Gasteiger partial charge in [0.2, 0.25) is 0 Å². The molecule has 2 aromatic heterocycles. The van der Waals surface area contributed by atoms with Crippen molar-refractivity contribution in [2.75, 3.05) is 31.9 Å². The van der Waals surface area contributed by atoms with E-state index in [1.165, 1.54) is 6.42 Å². The first kappa shape index (κ1) is 21.8. The van der Waals surface area contributed by atoms with Gasteiger partial charge in [-0.2, -0.15) is 0 Å². The molecule has 33 heavy (non-hydrogen) atoms. The Kier molecular flexibility index (Phi) is 6.00. The molecular weight excluding hydrogens is 436 g/mol. The van der Waals surface area contributed by atoms with E-state index in [0.717, 1.165) is 67.1 Å². The minimum atomic E-state index is -0.00186. The maximum Gasteiger partial charge on any atom is 0.255 e. The summed E-state index contributed by atoms with van der Waals surface area (Å²) in [5.41, 5.74) is 10.6. The molecule has 1 aromatic carbocycles. The van der Waals surface area contributed by atoms with Gasteiger partial charge in [0.1, 0.15) is 12.1 Å². The van der Waals surface area contributed by atoms with Crippen molar-refractivity contribution in [1.82, 2.24) is 24.8 Å². The van der Waals surface area contributed by atoms with Crippen LogP contribution in [0.25, 0.3) is 22.4 Å². The second kappa shape index (κ2) is 9.08. The number of carbonyl (C=O) groups is 1. The van der Waals surface area contributed by atoms with Crippen LogP contribution in [-0.2, 0) is 6.42 Å². The third kappa shape index (κ3) is 4.18. The second-order valence-electron chi connectivity index (χ2n) is 8.65. The van der Waals surface area contributed by atoms with Crippen LogP contribution in [0.1, 0.15) is 35.8 Å². The highest BCUT2D eigenvalue weighted by atomic mass is 35.5. The van der Waals surface area contributed by atoms with Crippen LogP contribution in [0.5, 0.6) is 0 Å². The van der Waals surface area contributed by atoms with Gasteiger partial charge in [-0.05, 0) is 50.1 Å². The molecule has 8 heteroatoms. The number of carbonyl (C=O) groups excluding carboxylic acids is 1. The number of pyridine rings is 1. The highest BCUT2D eigenvalue weighted by molar-refractivity contribution is 6.34. The Morgan fingerprint density at radius 2 is 1.97 bits per heavy atom. The van der Waals surface area contributed by atoms with Gasteiger partial charge < -0.3 is 10.6 Å². The zero-order valence-electron chi connectivity index (χ0n) is 18.7. The van der Waals surface area contributed by atoms with Gasteiger partial charge in [0, 0.05) is 48.6 Å². The van der Waals surface area contributed by atoms with Crippen LogP contribution in [0.3, 0.4) is 0 Å². The summed E-state index contributed by atoms with van der Waals surface area (Å²) in [5.74, 6) is 0.456. The third-order valence-electron chi connectivity index (χ3n) is 6.68. The summed E-state index contributed by atoms with van der Waals surface area (Å²) < 4.78 is 0. The van der Waals surface area contributed by atoms with Gasteiger partial charge in [-0.1, -0.05) is 24.6 Å². The number of fused-ring (bicyclic) bond motifs is 1. The lowest BCUT2D eigenvalue weighted by molar-refractivity contribution is 0.0571. The zero-order chi connectivity index (χ0) is 22.9. The van der Waals surface area contributed by atoms with Crippen LogP contribution >= 0.6 is 11.6 Å². The molecule has 2 fully saturated rings. The molecule has 2 aliphatic rings. The average molecular weight is 463 g/mol. The molecule has 0 radical (unpaired) electrons. The zero-order valence-corrected chi connectivity index (χ0v) is 19.4. The number of rotatable bonds is 4. The Bertz CT molecular complexity index is 1180. The molecule has 4 heterocycles. The van der Waals surface area contributed by atoms with Crippen LogP contribution in [0.2, 0.25) is 5.02 Å². The average Bonchev–Trinajstić information content (AvgIpc) is 3.31. The molecule has 1 amide bonds. The van der Waals surface area contributed by atoms with Gasteiger partial charge in [0.05, 0.1) is 22.0 Å². The standard InChI is InChI=1S/C25H27ClN6O/c1-2-21-23(17-6-8-22(27)28-13-17)24(30-15-29-21)16-5-7-19(20(26)12-16)25(33)32-11-10-31-9-3-4-18(31)14-32/h5-8,12-13,15,18H,2-4,9-11,14H2,1H3,(H2,27,28)/t18-/m0/s1. The highest BCUT2D eigenvalue weighted by Gasteiger charge is 2.33. The summed E-state index contributed by atoms with van der Waals surface area (Å²) in [6, 6.07) is 9.73. The first-order valence-electron chi connectivity index (χ1n) is 11.4. The number of benzene rings is 1. The van der Waals surface area contributed by atoms with Gasteiger partial charge in [0.15, 0.2) is 0 Å². The van der Waals surface area contributed by atoms with E-state index in [0.29, 0.717) is 22.4 Å². The summed E-state index contributed by atoms with van der Waals surface area (Å²) in [4.78, 5) is 31.0. The molecule has 3 aromatic rings. The quantitative estimate of drug-likeness (QED) is 0.632. The van der Waals surface area contributed by atoms with E-state index in [1.54, 1.807) is 18.6 Å². The molecule has 5 rings (SSSR count). The molecule has 170 valence electrons. The number of aromatic nitrogens is 3. The number of hydrogen-bond acceptors (Lipinski definition) is 6. The molecule has 2 saturated heterocycles. The van der Waals surface area contributed by atoms with E-state index in [4.69, 9.17) is 17.3 Å². The Morgan fingerprint density at radius 3 is 2.73 bits per heavy atom. The van der Waals surface area contributed by atoms with Gasteiger partial charge >= 0.3 is 0 Å². The fourth-order valence-electron chi connectivity index (χ4n) is 4.95. The monoisotopic (exact) mass is 462 g/mol. The van der Waals surface area contributed by atoms with Crippen molar-refractivity contribution < 1.29 is 4.79 Å². The van der Waals surface area contributed by atoms with Gasteiger partial charge in [-0.15, -0.1) is 0 Å². The van der Waals surface area contributed by atoms with Gasteiger partial charge in [-0.3, -0.25) is 9.69 Å². The summed E-state index contributed by atoms with van der Waals surface area (Å²) in [7, 11) is 0. The van der Waals surface area contributed by atoms with E-state index in [-0.39, 0.29) is 5.91 Å². The Morgan fingerprint density at radius 1 is 1.12 bits per heavy atom. The number of aryl methyl sites for hydroxylation is 1. The highest BCUT2D eigenvalue weighted by Crippen LogP contribution is 2.35. The van der Waals surface area contributed by atoms with Crippen LogP contribution in [0.4, 0.5) is 5.82 Å². The molecule has 0 bridgehead atoms. The number of nitrogen functional groups attached to an aromatic ring is 1. The molecule has 0 aliphatic carbocycles. The number of amides is 1. The molecule has 0 spiro atoms. The molecule has 0 unspecified atom stereocenters. The first-order valence-corrected chi connectivity index (χ1v) is 11.8. The summed E-state index contributed by atoms with van der Waals surface area (Å²) in [6.07, 6.45) is 6.42. The number of piperazine rings is 1. The molecule has 2 aliphatic heterocycles. The molecule has 7 nitrogen and oxygen atoms in total. The normalized spacial score (nSPS) is 18.4. The van der Waals surface area contributed by atoms with Crippen molar-refractivity contribution in [3.05, 3.63) is 59.1 Å². The molecular formula is C25H27ClN6O. The van der Waals surface area contributed by atoms with Crippen LogP contribution in [0.15, 0.2) is 42.9 Å². The van der Waals surface area contributed by atoms with E-state index < -0.39 is 0 Å². The Labute approximate surface area is 198 Å². The largest absolute Gasteiger partial charge is 0.384 e. The van der Waals surface area contributed by atoms with Crippen LogP contribution < -0.4 is 5.73 Å². The fourth-order valence-corrected chi connectivity index (χ4v) is 5.21. The number of hydrogen-bond donors (Lipinski definition) is 1. The summed E-state index contributed by atoms with van der Waals surface area (Å²) in [5, 5.41) is 0.435.